The average Bonchev–Trinajstić information content (AvgIpc) is 2.48. The summed E-state index contributed by atoms with van der Waals surface area (Å²) in [6, 6.07) is 7.59. The number of likely N-dealkylation sites (N-methyl/N-ethyl adjacent to an activating group) is 1. The number of carbonyl (C=O) groups is 1. The van der Waals surface area contributed by atoms with Crippen molar-refractivity contribution in [1.29, 1.82) is 0 Å². The molecule has 0 amide bonds. The first-order valence-corrected chi connectivity index (χ1v) is 6.11. The zero-order valence-electron chi connectivity index (χ0n) is 12.3. The fourth-order valence-corrected chi connectivity index (χ4v) is 1.78. The third kappa shape index (κ3) is 3.61. The molecule has 0 heterocycles. The van der Waals surface area contributed by atoms with Gasteiger partial charge in [0.05, 0.1) is 19.9 Å². The minimum atomic E-state index is -0.380. The molecule has 0 spiro atoms. The third-order valence-electron chi connectivity index (χ3n) is 2.84. The van der Waals surface area contributed by atoms with Gasteiger partial charge in [-0.25, -0.2) is 4.79 Å². The number of hydrogen-bond donors (Lipinski definition) is 1. The Morgan fingerprint density at radius 3 is 2.65 bits per heavy atom. The summed E-state index contributed by atoms with van der Waals surface area (Å²) in [7, 11) is 4.69. The molecule has 0 bridgehead atoms. The maximum Gasteiger partial charge on any atom is 0.354 e. The summed E-state index contributed by atoms with van der Waals surface area (Å²) >= 11 is 0. The summed E-state index contributed by atoms with van der Waals surface area (Å²) in [4.78, 5) is 18.3. The van der Waals surface area contributed by atoms with Gasteiger partial charge in [0.15, 0.2) is 0 Å². The van der Waals surface area contributed by atoms with Gasteiger partial charge in [-0.15, -0.1) is 0 Å². The Hall–Kier alpha value is -2.27. The van der Waals surface area contributed by atoms with E-state index in [0.29, 0.717) is 11.4 Å². The van der Waals surface area contributed by atoms with Crippen molar-refractivity contribution in [3.8, 4) is 0 Å². The van der Waals surface area contributed by atoms with E-state index in [1.807, 2.05) is 24.3 Å². The Bertz CT molecular complexity index is 524. The number of nitrogens with one attached hydrogen (secondary N) is 1. The number of allylic oxidation sites excluding steroid dienone is 1. The summed E-state index contributed by atoms with van der Waals surface area (Å²) in [6.07, 6.45) is 1.71. The van der Waals surface area contributed by atoms with Crippen LogP contribution < -0.4 is 10.4 Å². The monoisotopic (exact) mass is 276 g/mol. The number of nitrogens with zero attached hydrogens (tertiary/aromatic N) is 1. The summed E-state index contributed by atoms with van der Waals surface area (Å²) in [5.41, 5.74) is 5.51. The summed E-state index contributed by atoms with van der Waals surface area (Å²) in [5.74, 6) is -0.380. The second-order valence-electron chi connectivity index (χ2n) is 4.06. The highest BCUT2D eigenvalue weighted by molar-refractivity contribution is 5.92. The van der Waals surface area contributed by atoms with E-state index in [2.05, 4.69) is 12.1 Å². The first-order chi connectivity index (χ1) is 9.54. The van der Waals surface area contributed by atoms with Crippen LogP contribution >= 0.6 is 0 Å². The molecule has 5 heteroatoms. The molecular weight excluding hydrogens is 256 g/mol. The molecule has 1 aromatic carbocycles. The number of hydrogen-bond acceptors (Lipinski definition) is 5. The van der Waals surface area contributed by atoms with Gasteiger partial charge in [0, 0.05) is 18.3 Å². The Kier molecular flexibility index (Phi) is 5.80. The van der Waals surface area contributed by atoms with Gasteiger partial charge in [-0.3, -0.25) is 10.3 Å². The number of ether oxygens (including phenoxy) is 1. The van der Waals surface area contributed by atoms with Crippen molar-refractivity contribution >= 4 is 17.4 Å². The molecule has 0 fully saturated rings. The second-order valence-corrected chi connectivity index (χ2v) is 4.06. The first-order valence-electron chi connectivity index (χ1n) is 6.11. The van der Waals surface area contributed by atoms with E-state index in [9.17, 15) is 4.79 Å². The zero-order chi connectivity index (χ0) is 15.1. The van der Waals surface area contributed by atoms with Crippen molar-refractivity contribution in [1.82, 2.24) is 5.48 Å². The normalized spacial score (nSPS) is 10.9. The number of hydroxylamine groups is 1. The molecule has 20 heavy (non-hydrogen) atoms. The quantitative estimate of drug-likeness (QED) is 0.491. The van der Waals surface area contributed by atoms with Gasteiger partial charge in [-0.05, 0) is 19.1 Å². The van der Waals surface area contributed by atoms with Crippen LogP contribution in [0.15, 0.2) is 42.6 Å². The Morgan fingerprint density at radius 2 is 2.10 bits per heavy atom. The van der Waals surface area contributed by atoms with Crippen LogP contribution in [0.1, 0.15) is 12.5 Å². The maximum atomic E-state index is 11.7. The lowest BCUT2D eigenvalue weighted by molar-refractivity contribution is -0.136. The molecule has 0 aliphatic rings. The van der Waals surface area contributed by atoms with Gasteiger partial charge >= 0.3 is 5.97 Å². The molecule has 0 saturated carbocycles. The Labute approximate surface area is 119 Å². The third-order valence-corrected chi connectivity index (χ3v) is 2.84. The number of benzene rings is 1. The minimum Gasteiger partial charge on any atom is -0.464 e. The van der Waals surface area contributed by atoms with Crippen LogP contribution in [0.25, 0.3) is 5.70 Å². The fourth-order valence-electron chi connectivity index (χ4n) is 1.78. The van der Waals surface area contributed by atoms with Crippen LogP contribution in [0.2, 0.25) is 0 Å². The maximum absolute atomic E-state index is 11.7. The summed E-state index contributed by atoms with van der Waals surface area (Å²) in [5, 5.41) is 0. The van der Waals surface area contributed by atoms with Crippen molar-refractivity contribution < 1.29 is 14.4 Å². The molecular formula is C15H20N2O3. The van der Waals surface area contributed by atoms with Gasteiger partial charge in [0.1, 0.15) is 5.70 Å². The van der Waals surface area contributed by atoms with Crippen molar-refractivity contribution in [2.75, 3.05) is 26.2 Å². The van der Waals surface area contributed by atoms with Crippen molar-refractivity contribution in [3.63, 3.8) is 0 Å². The highest BCUT2D eigenvalue weighted by atomic mass is 16.6. The van der Waals surface area contributed by atoms with E-state index in [-0.39, 0.29) is 5.97 Å². The Balaban J connectivity index is 3.05. The molecule has 1 N–H and O–H groups in total. The lowest BCUT2D eigenvalue weighted by Gasteiger charge is -2.21. The van der Waals surface area contributed by atoms with Crippen molar-refractivity contribution in [2.45, 2.75) is 6.92 Å². The molecule has 0 unspecified atom stereocenters. The lowest BCUT2D eigenvalue weighted by atomic mass is 10.1. The van der Waals surface area contributed by atoms with Crippen LogP contribution in [-0.2, 0) is 14.4 Å². The van der Waals surface area contributed by atoms with Crippen molar-refractivity contribution in [3.05, 3.63) is 48.2 Å². The van der Waals surface area contributed by atoms with Gasteiger partial charge in [-0.1, -0.05) is 24.8 Å². The van der Waals surface area contributed by atoms with E-state index in [1.54, 1.807) is 24.9 Å². The molecule has 0 aliphatic heterocycles. The molecule has 0 saturated heterocycles. The van der Waals surface area contributed by atoms with E-state index in [0.717, 1.165) is 11.3 Å². The number of methoxy groups -OCH3 is 1. The standard InChI is InChI=1S/C15H20N2O3/c1-6-14(15(18)19-4)17(3)13-9-7-8-12(10-13)11(2)16-20-5/h6-10,16H,2H2,1,3-5H3. The lowest BCUT2D eigenvalue weighted by Crippen LogP contribution is -2.24. The van der Waals surface area contributed by atoms with Crippen LogP contribution in [-0.4, -0.2) is 27.2 Å². The largest absolute Gasteiger partial charge is 0.464 e. The van der Waals surface area contributed by atoms with Crippen molar-refractivity contribution in [2.24, 2.45) is 0 Å². The minimum absolute atomic E-state index is 0.380. The average molecular weight is 276 g/mol. The molecule has 0 aliphatic carbocycles. The van der Waals surface area contributed by atoms with Crippen LogP contribution in [0.3, 0.4) is 0 Å². The van der Waals surface area contributed by atoms with Gasteiger partial charge in [-0.2, -0.15) is 0 Å². The predicted octanol–water partition coefficient (Wildman–Crippen LogP) is 2.32. The first kappa shape index (κ1) is 15.8. The highest BCUT2D eigenvalue weighted by Crippen LogP contribution is 2.22. The van der Waals surface area contributed by atoms with Gasteiger partial charge in [0.25, 0.3) is 0 Å². The highest BCUT2D eigenvalue weighted by Gasteiger charge is 2.15. The van der Waals surface area contributed by atoms with Crippen LogP contribution in [0.4, 0.5) is 5.69 Å². The fraction of sp³-hybridized carbons (Fsp3) is 0.267. The Morgan fingerprint density at radius 1 is 1.40 bits per heavy atom. The van der Waals surface area contributed by atoms with E-state index < -0.39 is 0 Å². The topological polar surface area (TPSA) is 50.8 Å². The van der Waals surface area contributed by atoms with E-state index >= 15 is 0 Å². The molecule has 0 radical (unpaired) electrons. The summed E-state index contributed by atoms with van der Waals surface area (Å²) in [6.45, 7) is 5.66. The van der Waals surface area contributed by atoms with Crippen LogP contribution in [0, 0.1) is 0 Å². The number of rotatable bonds is 6. The van der Waals surface area contributed by atoms with Gasteiger partial charge in [0.2, 0.25) is 0 Å². The number of anilines is 1. The zero-order valence-corrected chi connectivity index (χ0v) is 12.3. The molecule has 108 valence electrons. The SMILES string of the molecule is C=C(NOC)c1cccc(N(C)C(=CC)C(=O)OC)c1. The molecule has 5 nitrogen and oxygen atoms in total. The van der Waals surface area contributed by atoms with Crippen LogP contribution in [0.5, 0.6) is 0 Å². The number of esters is 1. The van der Waals surface area contributed by atoms with Gasteiger partial charge < -0.3 is 9.64 Å². The molecule has 1 aromatic rings. The number of carbonyl (C=O) groups excluding carboxylic acids is 1. The van der Waals surface area contributed by atoms with E-state index in [1.165, 1.54) is 14.2 Å². The smallest absolute Gasteiger partial charge is 0.354 e. The predicted molar refractivity (Wildman–Crippen MR) is 79.8 cm³/mol. The summed E-state index contributed by atoms with van der Waals surface area (Å²) < 4.78 is 4.76. The molecule has 0 aromatic heterocycles. The van der Waals surface area contributed by atoms with E-state index in [4.69, 9.17) is 9.57 Å². The molecule has 0 atom stereocenters. The molecule has 1 rings (SSSR count). The second kappa shape index (κ2) is 7.35.